The highest BCUT2D eigenvalue weighted by molar-refractivity contribution is 6.01. The number of nitrogens with one attached hydrogen (secondary N) is 1. The molecular formula is C12H16N2O4. The second-order valence-corrected chi connectivity index (χ2v) is 3.37. The smallest absolute Gasteiger partial charge is 0.433 e. The number of oxime groups is 1. The van der Waals surface area contributed by atoms with Gasteiger partial charge in [0.25, 0.3) is 0 Å². The molecule has 1 aromatic rings. The fourth-order valence-corrected chi connectivity index (χ4v) is 1.30. The maximum absolute atomic E-state index is 10.9. The van der Waals surface area contributed by atoms with Crippen LogP contribution >= 0.6 is 0 Å². The molecule has 0 fully saturated rings. The fraction of sp³-hybridized carbons (Fsp3) is 0.333. The van der Waals surface area contributed by atoms with Crippen molar-refractivity contribution in [1.82, 2.24) is 5.32 Å². The van der Waals surface area contributed by atoms with Crippen LogP contribution in [0.15, 0.2) is 23.4 Å². The van der Waals surface area contributed by atoms with Gasteiger partial charge in [-0.25, -0.2) is 4.79 Å². The topological polar surface area (TPSA) is 69.2 Å². The molecule has 0 atom stereocenters. The SMILES string of the molecule is CNC(=O)O/N=C(/C)c1ccc(OC)cc1OC. The second-order valence-electron chi connectivity index (χ2n) is 3.37. The molecule has 0 unspecified atom stereocenters. The number of hydrogen-bond donors (Lipinski definition) is 1. The van der Waals surface area contributed by atoms with E-state index in [2.05, 4.69) is 15.3 Å². The highest BCUT2D eigenvalue weighted by Crippen LogP contribution is 2.25. The van der Waals surface area contributed by atoms with Crippen LogP contribution in [0.1, 0.15) is 12.5 Å². The summed E-state index contributed by atoms with van der Waals surface area (Å²) in [7, 11) is 4.58. The van der Waals surface area contributed by atoms with E-state index in [1.807, 2.05) is 0 Å². The molecule has 0 aliphatic carbocycles. The molecular weight excluding hydrogens is 236 g/mol. The number of benzene rings is 1. The van der Waals surface area contributed by atoms with Gasteiger partial charge in [0.15, 0.2) is 0 Å². The zero-order valence-corrected chi connectivity index (χ0v) is 10.8. The Hall–Kier alpha value is -2.24. The molecule has 1 rings (SSSR count). The third-order valence-corrected chi connectivity index (χ3v) is 2.27. The number of rotatable bonds is 4. The van der Waals surface area contributed by atoms with Gasteiger partial charge in [-0.3, -0.25) is 4.84 Å². The summed E-state index contributed by atoms with van der Waals surface area (Å²) in [6.45, 7) is 1.72. The quantitative estimate of drug-likeness (QED) is 0.504. The van der Waals surface area contributed by atoms with Gasteiger partial charge >= 0.3 is 6.09 Å². The van der Waals surface area contributed by atoms with Crippen LogP contribution in [-0.4, -0.2) is 33.1 Å². The van der Waals surface area contributed by atoms with Crippen LogP contribution in [0.25, 0.3) is 0 Å². The molecule has 1 N–H and O–H groups in total. The Labute approximate surface area is 106 Å². The minimum Gasteiger partial charge on any atom is -0.497 e. The first-order valence-corrected chi connectivity index (χ1v) is 5.28. The van der Waals surface area contributed by atoms with Crippen LogP contribution in [0.3, 0.4) is 0 Å². The van der Waals surface area contributed by atoms with Gasteiger partial charge in [0, 0.05) is 18.7 Å². The van der Waals surface area contributed by atoms with Gasteiger partial charge in [-0.05, 0) is 19.1 Å². The predicted octanol–water partition coefficient (Wildman–Crippen LogP) is 1.78. The number of ether oxygens (including phenoxy) is 2. The number of methoxy groups -OCH3 is 2. The maximum atomic E-state index is 10.9. The van der Waals surface area contributed by atoms with Crippen molar-refractivity contribution in [3.05, 3.63) is 23.8 Å². The molecule has 6 heteroatoms. The molecule has 98 valence electrons. The minimum atomic E-state index is -0.623. The lowest BCUT2D eigenvalue weighted by atomic mass is 10.1. The summed E-state index contributed by atoms with van der Waals surface area (Å²) in [5.41, 5.74) is 1.25. The number of nitrogens with zero attached hydrogens (tertiary/aromatic N) is 1. The van der Waals surface area contributed by atoms with Gasteiger partial charge in [-0.15, -0.1) is 0 Å². The predicted molar refractivity (Wildman–Crippen MR) is 67.3 cm³/mol. The number of hydrogen-bond acceptors (Lipinski definition) is 5. The molecule has 6 nitrogen and oxygen atoms in total. The van der Waals surface area contributed by atoms with Crippen molar-refractivity contribution in [2.75, 3.05) is 21.3 Å². The zero-order valence-electron chi connectivity index (χ0n) is 10.8. The van der Waals surface area contributed by atoms with Crippen molar-refractivity contribution in [1.29, 1.82) is 0 Å². The number of amides is 1. The van der Waals surface area contributed by atoms with Crippen LogP contribution in [0.4, 0.5) is 4.79 Å². The van der Waals surface area contributed by atoms with Crippen molar-refractivity contribution < 1.29 is 19.1 Å². The summed E-state index contributed by atoms with van der Waals surface area (Å²) in [4.78, 5) is 15.5. The third-order valence-electron chi connectivity index (χ3n) is 2.27. The Kier molecular flexibility index (Phi) is 4.98. The molecule has 0 spiro atoms. The van der Waals surface area contributed by atoms with E-state index < -0.39 is 6.09 Å². The van der Waals surface area contributed by atoms with E-state index in [1.165, 1.54) is 7.05 Å². The Morgan fingerprint density at radius 2 is 2.00 bits per heavy atom. The fourth-order valence-electron chi connectivity index (χ4n) is 1.30. The van der Waals surface area contributed by atoms with E-state index in [1.54, 1.807) is 39.3 Å². The number of carbonyl (C=O) groups excluding carboxylic acids is 1. The van der Waals surface area contributed by atoms with Crippen molar-refractivity contribution in [2.45, 2.75) is 6.92 Å². The molecule has 0 aromatic heterocycles. The minimum absolute atomic E-state index is 0.526. The van der Waals surface area contributed by atoms with Crippen molar-refractivity contribution in [3.63, 3.8) is 0 Å². The molecule has 0 radical (unpaired) electrons. The van der Waals surface area contributed by atoms with Crippen molar-refractivity contribution in [3.8, 4) is 11.5 Å². The first-order valence-electron chi connectivity index (χ1n) is 5.28. The molecule has 0 aliphatic rings. The van der Waals surface area contributed by atoms with Crippen LogP contribution in [0, 0.1) is 0 Å². The van der Waals surface area contributed by atoms with Gasteiger partial charge in [0.05, 0.1) is 19.9 Å². The van der Waals surface area contributed by atoms with Crippen LogP contribution in [0.2, 0.25) is 0 Å². The van der Waals surface area contributed by atoms with Crippen molar-refractivity contribution >= 4 is 11.8 Å². The molecule has 0 aliphatic heterocycles. The van der Waals surface area contributed by atoms with Crippen molar-refractivity contribution in [2.24, 2.45) is 5.16 Å². The summed E-state index contributed by atoms with van der Waals surface area (Å²) < 4.78 is 10.3. The zero-order chi connectivity index (χ0) is 13.5. The second kappa shape index (κ2) is 6.48. The third kappa shape index (κ3) is 3.38. The van der Waals surface area contributed by atoms with Gasteiger partial charge in [0.2, 0.25) is 0 Å². The molecule has 1 amide bonds. The van der Waals surface area contributed by atoms with Gasteiger partial charge in [0.1, 0.15) is 11.5 Å². The lowest BCUT2D eigenvalue weighted by molar-refractivity contribution is 0.153. The standard InChI is InChI=1S/C12H16N2O4/c1-8(14-18-12(15)13-2)10-6-5-9(16-3)7-11(10)17-4/h5-7H,1-4H3,(H,13,15)/b14-8-. The molecule has 0 saturated heterocycles. The van der Waals surface area contributed by atoms with Gasteiger partial charge < -0.3 is 14.8 Å². The summed E-state index contributed by atoms with van der Waals surface area (Å²) >= 11 is 0. The Balaban J connectivity index is 2.97. The van der Waals surface area contributed by atoms with E-state index in [-0.39, 0.29) is 0 Å². The van der Waals surface area contributed by atoms with Gasteiger partial charge in [-0.2, -0.15) is 0 Å². The average molecular weight is 252 g/mol. The summed E-state index contributed by atoms with van der Waals surface area (Å²) in [5.74, 6) is 1.27. The normalized spacial score (nSPS) is 10.8. The molecule has 0 bridgehead atoms. The highest BCUT2D eigenvalue weighted by atomic mass is 16.7. The number of carbonyl (C=O) groups is 1. The Bertz CT molecular complexity index is 457. The van der Waals surface area contributed by atoms with E-state index in [4.69, 9.17) is 9.47 Å². The lowest BCUT2D eigenvalue weighted by Gasteiger charge is -2.09. The molecule has 18 heavy (non-hydrogen) atoms. The van der Waals surface area contributed by atoms with E-state index in [0.717, 1.165) is 5.56 Å². The largest absolute Gasteiger partial charge is 0.497 e. The van der Waals surface area contributed by atoms with E-state index >= 15 is 0 Å². The Morgan fingerprint density at radius 3 is 2.56 bits per heavy atom. The van der Waals surface area contributed by atoms with E-state index in [0.29, 0.717) is 17.2 Å². The Morgan fingerprint density at radius 1 is 1.28 bits per heavy atom. The summed E-state index contributed by atoms with van der Waals surface area (Å²) in [5, 5.41) is 6.01. The summed E-state index contributed by atoms with van der Waals surface area (Å²) in [6, 6.07) is 5.29. The highest BCUT2D eigenvalue weighted by Gasteiger charge is 2.09. The van der Waals surface area contributed by atoms with Crippen LogP contribution in [0.5, 0.6) is 11.5 Å². The molecule has 0 heterocycles. The average Bonchev–Trinajstić information content (AvgIpc) is 2.43. The maximum Gasteiger partial charge on any atom is 0.433 e. The monoisotopic (exact) mass is 252 g/mol. The lowest BCUT2D eigenvalue weighted by Crippen LogP contribution is -2.17. The first-order chi connectivity index (χ1) is 8.62. The van der Waals surface area contributed by atoms with E-state index in [9.17, 15) is 4.79 Å². The molecule has 0 saturated carbocycles. The summed E-state index contributed by atoms with van der Waals surface area (Å²) in [6.07, 6.45) is -0.623. The molecule has 1 aromatic carbocycles. The van der Waals surface area contributed by atoms with Crippen LogP contribution < -0.4 is 14.8 Å². The van der Waals surface area contributed by atoms with Crippen LogP contribution in [-0.2, 0) is 4.84 Å². The first kappa shape index (κ1) is 13.8. The van der Waals surface area contributed by atoms with Gasteiger partial charge in [-0.1, -0.05) is 5.16 Å².